The maximum Gasteiger partial charge on any atom is -0.00365 e. The molecule has 0 aliphatic heterocycles. The van der Waals surface area contributed by atoms with Crippen LogP contribution in [0.3, 0.4) is 0 Å². The van der Waals surface area contributed by atoms with E-state index in [0.29, 0.717) is 19.6 Å². The molecule has 0 spiro atoms. The highest BCUT2D eigenvalue weighted by molar-refractivity contribution is 5.41. The largest absolute Gasteiger partial charge is 0.330 e. The second-order valence-corrected chi connectivity index (χ2v) is 4.11. The summed E-state index contributed by atoms with van der Waals surface area (Å²) < 4.78 is 0. The van der Waals surface area contributed by atoms with Gasteiger partial charge in [-0.2, -0.15) is 0 Å². The molecule has 0 saturated carbocycles. The topological polar surface area (TPSA) is 78.1 Å². The van der Waals surface area contributed by atoms with Gasteiger partial charge in [0.2, 0.25) is 0 Å². The highest BCUT2D eigenvalue weighted by Gasteiger charge is 2.09. The predicted octanol–water partition coefficient (Wildman–Crippen LogP) is 0.499. The van der Waals surface area contributed by atoms with E-state index in [2.05, 4.69) is 19.1 Å². The van der Waals surface area contributed by atoms with Crippen LogP contribution in [0.1, 0.15) is 22.3 Å². The zero-order valence-corrected chi connectivity index (χ0v) is 10.1. The molecule has 0 saturated heterocycles. The molecule has 0 radical (unpaired) electrons. The van der Waals surface area contributed by atoms with Crippen LogP contribution in [0.4, 0.5) is 0 Å². The number of rotatable bonds is 6. The Morgan fingerprint density at radius 1 is 0.812 bits per heavy atom. The van der Waals surface area contributed by atoms with Crippen LogP contribution in [0.15, 0.2) is 12.1 Å². The fraction of sp³-hybridized carbons (Fsp3) is 0.538. The van der Waals surface area contributed by atoms with Crippen LogP contribution >= 0.6 is 0 Å². The molecular weight excluding hydrogens is 198 g/mol. The van der Waals surface area contributed by atoms with Crippen molar-refractivity contribution >= 4 is 0 Å². The van der Waals surface area contributed by atoms with Gasteiger partial charge in [-0.25, -0.2) is 0 Å². The van der Waals surface area contributed by atoms with E-state index < -0.39 is 0 Å². The molecular formula is C13H23N3. The van der Waals surface area contributed by atoms with E-state index in [-0.39, 0.29) is 0 Å². The summed E-state index contributed by atoms with van der Waals surface area (Å²) in [4.78, 5) is 0. The molecule has 90 valence electrons. The van der Waals surface area contributed by atoms with Gasteiger partial charge in [0.05, 0.1) is 0 Å². The van der Waals surface area contributed by atoms with Crippen LogP contribution in [0.5, 0.6) is 0 Å². The monoisotopic (exact) mass is 221 g/mol. The van der Waals surface area contributed by atoms with Crippen LogP contribution in [0.25, 0.3) is 0 Å². The molecule has 0 aliphatic rings. The zero-order chi connectivity index (χ0) is 12.0. The fourth-order valence-corrected chi connectivity index (χ4v) is 2.20. The summed E-state index contributed by atoms with van der Waals surface area (Å²) in [6.07, 6.45) is 2.78. The summed E-state index contributed by atoms with van der Waals surface area (Å²) in [5, 5.41) is 0. The SMILES string of the molecule is Cc1ccc(CCN)c(CCN)c1CCN. The average Bonchev–Trinajstić information content (AvgIpc) is 2.27. The van der Waals surface area contributed by atoms with Gasteiger partial charge in [-0.15, -0.1) is 0 Å². The molecule has 0 aromatic heterocycles. The molecule has 3 nitrogen and oxygen atoms in total. The Labute approximate surface area is 98.0 Å². The van der Waals surface area contributed by atoms with E-state index in [4.69, 9.17) is 17.2 Å². The lowest BCUT2D eigenvalue weighted by Crippen LogP contribution is -2.14. The molecule has 1 aromatic rings. The van der Waals surface area contributed by atoms with Gasteiger partial charge < -0.3 is 17.2 Å². The van der Waals surface area contributed by atoms with Crippen molar-refractivity contribution in [1.82, 2.24) is 0 Å². The summed E-state index contributed by atoms with van der Waals surface area (Å²) in [6.45, 7) is 4.18. The number of aryl methyl sites for hydroxylation is 1. The van der Waals surface area contributed by atoms with Gasteiger partial charge in [0.1, 0.15) is 0 Å². The molecule has 16 heavy (non-hydrogen) atoms. The minimum Gasteiger partial charge on any atom is -0.330 e. The second kappa shape index (κ2) is 6.63. The number of benzene rings is 1. The highest BCUT2D eigenvalue weighted by atomic mass is 14.5. The minimum atomic E-state index is 0.679. The van der Waals surface area contributed by atoms with Gasteiger partial charge >= 0.3 is 0 Å². The van der Waals surface area contributed by atoms with Crippen LogP contribution in [0, 0.1) is 6.92 Å². The molecule has 0 aliphatic carbocycles. The van der Waals surface area contributed by atoms with Crippen molar-refractivity contribution in [1.29, 1.82) is 0 Å². The lowest BCUT2D eigenvalue weighted by molar-refractivity contribution is 0.861. The van der Waals surface area contributed by atoms with Crippen LogP contribution in [0.2, 0.25) is 0 Å². The number of nitrogens with two attached hydrogens (primary N) is 3. The van der Waals surface area contributed by atoms with Gasteiger partial charge in [0.15, 0.2) is 0 Å². The summed E-state index contributed by atoms with van der Waals surface area (Å²) in [5.41, 5.74) is 22.4. The molecule has 1 aromatic carbocycles. The maximum atomic E-state index is 5.68. The molecule has 6 N–H and O–H groups in total. The lowest BCUT2D eigenvalue weighted by Gasteiger charge is -2.16. The Morgan fingerprint density at radius 2 is 1.38 bits per heavy atom. The summed E-state index contributed by atoms with van der Waals surface area (Å²) in [6, 6.07) is 4.34. The predicted molar refractivity (Wildman–Crippen MR) is 69.5 cm³/mol. The number of hydrogen-bond donors (Lipinski definition) is 3. The normalized spacial score (nSPS) is 10.8. The Balaban J connectivity index is 3.14. The third kappa shape index (κ3) is 3.04. The van der Waals surface area contributed by atoms with E-state index in [9.17, 15) is 0 Å². The van der Waals surface area contributed by atoms with Crippen molar-refractivity contribution in [3.8, 4) is 0 Å². The molecule has 0 amide bonds. The smallest absolute Gasteiger partial charge is 0.00365 e. The average molecular weight is 221 g/mol. The first kappa shape index (κ1) is 13.2. The quantitative estimate of drug-likeness (QED) is 0.654. The summed E-state index contributed by atoms with van der Waals surface area (Å²) in [7, 11) is 0. The van der Waals surface area contributed by atoms with Gasteiger partial charge in [-0.1, -0.05) is 12.1 Å². The highest BCUT2D eigenvalue weighted by Crippen LogP contribution is 2.20. The first-order valence-corrected chi connectivity index (χ1v) is 5.95. The Bertz CT molecular complexity index is 334. The fourth-order valence-electron chi connectivity index (χ4n) is 2.20. The van der Waals surface area contributed by atoms with E-state index in [1.807, 2.05) is 0 Å². The van der Waals surface area contributed by atoms with E-state index >= 15 is 0 Å². The molecule has 0 atom stereocenters. The Morgan fingerprint density at radius 3 is 1.94 bits per heavy atom. The van der Waals surface area contributed by atoms with Gasteiger partial charge in [0, 0.05) is 0 Å². The van der Waals surface area contributed by atoms with E-state index in [0.717, 1.165) is 19.3 Å². The summed E-state index contributed by atoms with van der Waals surface area (Å²) in [5.74, 6) is 0. The molecule has 0 heterocycles. The van der Waals surface area contributed by atoms with Gasteiger partial charge in [-0.05, 0) is 68.1 Å². The molecule has 0 fully saturated rings. The molecule has 0 unspecified atom stereocenters. The van der Waals surface area contributed by atoms with Crippen molar-refractivity contribution < 1.29 is 0 Å². The second-order valence-electron chi connectivity index (χ2n) is 4.11. The first-order valence-electron chi connectivity index (χ1n) is 5.95. The van der Waals surface area contributed by atoms with Crippen LogP contribution in [-0.4, -0.2) is 19.6 Å². The Kier molecular flexibility index (Phi) is 5.46. The van der Waals surface area contributed by atoms with Gasteiger partial charge in [-0.3, -0.25) is 0 Å². The minimum absolute atomic E-state index is 0.679. The Hall–Kier alpha value is -0.900. The van der Waals surface area contributed by atoms with Crippen molar-refractivity contribution in [2.24, 2.45) is 17.2 Å². The standard InChI is InChI=1S/C13H23N3/c1-10-2-3-11(4-7-14)13(6-9-16)12(10)5-8-15/h2-3H,4-9,14-16H2,1H3. The van der Waals surface area contributed by atoms with Crippen molar-refractivity contribution in [3.63, 3.8) is 0 Å². The van der Waals surface area contributed by atoms with Crippen molar-refractivity contribution in [2.75, 3.05) is 19.6 Å². The molecule has 1 rings (SSSR count). The van der Waals surface area contributed by atoms with E-state index in [1.165, 1.54) is 22.3 Å². The third-order valence-electron chi connectivity index (χ3n) is 2.96. The molecule has 3 heteroatoms. The van der Waals surface area contributed by atoms with Crippen LogP contribution < -0.4 is 17.2 Å². The first-order chi connectivity index (χ1) is 7.74. The van der Waals surface area contributed by atoms with Gasteiger partial charge in [0.25, 0.3) is 0 Å². The maximum absolute atomic E-state index is 5.68. The van der Waals surface area contributed by atoms with Crippen molar-refractivity contribution in [2.45, 2.75) is 26.2 Å². The van der Waals surface area contributed by atoms with Crippen LogP contribution in [-0.2, 0) is 19.3 Å². The molecule has 0 bridgehead atoms. The summed E-state index contributed by atoms with van der Waals surface area (Å²) >= 11 is 0. The number of hydrogen-bond acceptors (Lipinski definition) is 3. The van der Waals surface area contributed by atoms with E-state index in [1.54, 1.807) is 0 Å². The lowest BCUT2D eigenvalue weighted by atomic mass is 9.91. The van der Waals surface area contributed by atoms with Crippen molar-refractivity contribution in [3.05, 3.63) is 34.4 Å². The zero-order valence-electron chi connectivity index (χ0n) is 10.1. The third-order valence-corrected chi connectivity index (χ3v) is 2.96.